The van der Waals surface area contributed by atoms with Crippen LogP contribution in [-0.2, 0) is 21.3 Å². The van der Waals surface area contributed by atoms with Gasteiger partial charge in [0.25, 0.3) is 0 Å². The van der Waals surface area contributed by atoms with E-state index in [0.29, 0.717) is 17.4 Å². The SMILES string of the molecule is CCNCc1sc(S(=O)(=O)NC2CCOC2)cc1C. The van der Waals surface area contributed by atoms with Crippen LogP contribution in [0.1, 0.15) is 23.8 Å². The Morgan fingerprint density at radius 1 is 1.53 bits per heavy atom. The van der Waals surface area contributed by atoms with Crippen molar-refractivity contribution >= 4 is 21.4 Å². The summed E-state index contributed by atoms with van der Waals surface area (Å²) in [5.74, 6) is 0. The molecule has 1 aromatic heterocycles. The molecule has 2 N–H and O–H groups in total. The predicted octanol–water partition coefficient (Wildman–Crippen LogP) is 1.23. The van der Waals surface area contributed by atoms with E-state index in [1.54, 1.807) is 6.07 Å². The van der Waals surface area contributed by atoms with Crippen LogP contribution >= 0.6 is 11.3 Å². The number of nitrogens with one attached hydrogen (secondary N) is 2. The highest BCUT2D eigenvalue weighted by Gasteiger charge is 2.25. The molecule has 0 spiro atoms. The van der Waals surface area contributed by atoms with Gasteiger partial charge in [-0.05, 0) is 31.5 Å². The Kier molecular flexibility index (Phi) is 4.97. The normalized spacial score (nSPS) is 20.0. The topological polar surface area (TPSA) is 67.4 Å². The third-order valence-corrected chi connectivity index (χ3v) is 6.28. The van der Waals surface area contributed by atoms with E-state index in [2.05, 4.69) is 10.0 Å². The summed E-state index contributed by atoms with van der Waals surface area (Å²) in [5.41, 5.74) is 1.02. The van der Waals surface area contributed by atoms with Gasteiger partial charge in [0.05, 0.1) is 6.61 Å². The van der Waals surface area contributed by atoms with Crippen molar-refractivity contribution in [2.24, 2.45) is 0 Å². The quantitative estimate of drug-likeness (QED) is 0.829. The second-order valence-corrected chi connectivity index (χ2v) is 7.71. The summed E-state index contributed by atoms with van der Waals surface area (Å²) in [6.07, 6.45) is 0.744. The Morgan fingerprint density at radius 2 is 2.32 bits per heavy atom. The number of sulfonamides is 1. The van der Waals surface area contributed by atoms with E-state index in [9.17, 15) is 8.42 Å². The maximum Gasteiger partial charge on any atom is 0.250 e. The summed E-state index contributed by atoms with van der Waals surface area (Å²) in [4.78, 5) is 1.07. The zero-order chi connectivity index (χ0) is 13.9. The van der Waals surface area contributed by atoms with Crippen LogP contribution in [0, 0.1) is 6.92 Å². The van der Waals surface area contributed by atoms with Crippen LogP contribution < -0.4 is 10.0 Å². The lowest BCUT2D eigenvalue weighted by Gasteiger charge is -2.09. The smallest absolute Gasteiger partial charge is 0.250 e. The molecule has 1 aliphatic heterocycles. The summed E-state index contributed by atoms with van der Waals surface area (Å²) in [6.45, 7) is 6.66. The van der Waals surface area contributed by atoms with Crippen molar-refractivity contribution in [3.8, 4) is 0 Å². The second kappa shape index (κ2) is 6.32. The van der Waals surface area contributed by atoms with Crippen LogP contribution in [0.15, 0.2) is 10.3 Å². The molecular weight excluding hydrogens is 284 g/mol. The fourth-order valence-electron chi connectivity index (χ4n) is 1.94. The molecule has 0 saturated carbocycles. The van der Waals surface area contributed by atoms with E-state index < -0.39 is 10.0 Å². The van der Waals surface area contributed by atoms with Gasteiger partial charge in [0, 0.05) is 24.1 Å². The van der Waals surface area contributed by atoms with Crippen LogP contribution in [0.3, 0.4) is 0 Å². The molecule has 1 saturated heterocycles. The van der Waals surface area contributed by atoms with Gasteiger partial charge in [-0.2, -0.15) is 0 Å². The van der Waals surface area contributed by atoms with Crippen LogP contribution in [0.4, 0.5) is 0 Å². The lowest BCUT2D eigenvalue weighted by Crippen LogP contribution is -2.34. The fraction of sp³-hybridized carbons (Fsp3) is 0.667. The molecule has 1 fully saturated rings. The van der Waals surface area contributed by atoms with E-state index in [-0.39, 0.29) is 6.04 Å². The molecule has 7 heteroatoms. The maximum atomic E-state index is 12.3. The molecule has 2 heterocycles. The first-order valence-corrected chi connectivity index (χ1v) is 8.73. The van der Waals surface area contributed by atoms with E-state index in [1.165, 1.54) is 11.3 Å². The predicted molar refractivity (Wildman–Crippen MR) is 76.0 cm³/mol. The minimum absolute atomic E-state index is 0.0929. The largest absolute Gasteiger partial charge is 0.380 e. The molecule has 0 aromatic carbocycles. The summed E-state index contributed by atoms with van der Waals surface area (Å²) >= 11 is 1.34. The van der Waals surface area contributed by atoms with Crippen molar-refractivity contribution in [1.82, 2.24) is 10.0 Å². The van der Waals surface area contributed by atoms with Crippen LogP contribution in [0.2, 0.25) is 0 Å². The first-order chi connectivity index (χ1) is 9.03. The van der Waals surface area contributed by atoms with Gasteiger partial charge < -0.3 is 10.1 Å². The third kappa shape index (κ3) is 3.76. The molecule has 1 atom stereocenters. The molecule has 19 heavy (non-hydrogen) atoms. The van der Waals surface area contributed by atoms with Gasteiger partial charge in [0.2, 0.25) is 10.0 Å². The van der Waals surface area contributed by atoms with Gasteiger partial charge in [0.1, 0.15) is 4.21 Å². The lowest BCUT2D eigenvalue weighted by atomic mass is 10.3. The molecule has 5 nitrogen and oxygen atoms in total. The lowest BCUT2D eigenvalue weighted by molar-refractivity contribution is 0.192. The van der Waals surface area contributed by atoms with E-state index in [1.807, 2.05) is 13.8 Å². The Hall–Kier alpha value is -0.470. The molecule has 0 amide bonds. The minimum atomic E-state index is -3.41. The summed E-state index contributed by atoms with van der Waals surface area (Å²) in [6, 6.07) is 1.65. The average molecular weight is 304 g/mol. The first kappa shape index (κ1) is 14.9. The first-order valence-electron chi connectivity index (χ1n) is 6.43. The minimum Gasteiger partial charge on any atom is -0.380 e. The van der Waals surface area contributed by atoms with Crippen molar-refractivity contribution in [3.05, 3.63) is 16.5 Å². The van der Waals surface area contributed by atoms with Gasteiger partial charge in [-0.15, -0.1) is 11.3 Å². The van der Waals surface area contributed by atoms with Crippen molar-refractivity contribution in [1.29, 1.82) is 0 Å². The van der Waals surface area contributed by atoms with E-state index in [4.69, 9.17) is 4.74 Å². The van der Waals surface area contributed by atoms with Crippen molar-refractivity contribution in [3.63, 3.8) is 0 Å². The number of hydrogen-bond acceptors (Lipinski definition) is 5. The van der Waals surface area contributed by atoms with Crippen molar-refractivity contribution < 1.29 is 13.2 Å². The second-order valence-electron chi connectivity index (χ2n) is 4.63. The monoisotopic (exact) mass is 304 g/mol. The average Bonchev–Trinajstić information content (AvgIpc) is 2.96. The molecule has 0 radical (unpaired) electrons. The Bertz CT molecular complexity index is 519. The van der Waals surface area contributed by atoms with Gasteiger partial charge in [-0.1, -0.05) is 6.92 Å². The molecule has 1 aromatic rings. The maximum absolute atomic E-state index is 12.3. The highest BCUT2D eigenvalue weighted by atomic mass is 32.2. The standard InChI is InChI=1S/C12H20N2O3S2/c1-3-13-7-11-9(2)6-12(18-11)19(15,16)14-10-4-5-17-8-10/h6,10,13-14H,3-5,7-8H2,1-2H3. The number of ether oxygens (including phenoxy) is 1. The Balaban J connectivity index is 2.11. The highest BCUT2D eigenvalue weighted by Crippen LogP contribution is 2.26. The van der Waals surface area contributed by atoms with Gasteiger partial charge in [0.15, 0.2) is 0 Å². The molecule has 2 rings (SSSR count). The molecule has 0 bridgehead atoms. The zero-order valence-electron chi connectivity index (χ0n) is 11.2. The number of rotatable bonds is 6. The number of hydrogen-bond donors (Lipinski definition) is 2. The van der Waals surface area contributed by atoms with Crippen molar-refractivity contribution in [2.45, 2.75) is 37.1 Å². The third-order valence-electron chi connectivity index (χ3n) is 3.05. The molecule has 0 aliphatic carbocycles. The van der Waals surface area contributed by atoms with Crippen LogP contribution in [-0.4, -0.2) is 34.2 Å². The van der Waals surface area contributed by atoms with Gasteiger partial charge >= 0.3 is 0 Å². The molecular formula is C12H20N2O3S2. The summed E-state index contributed by atoms with van der Waals surface area (Å²) in [5, 5.41) is 3.22. The molecule has 1 unspecified atom stereocenters. The van der Waals surface area contributed by atoms with Crippen LogP contribution in [0.25, 0.3) is 0 Å². The molecule has 1 aliphatic rings. The zero-order valence-corrected chi connectivity index (χ0v) is 12.9. The van der Waals surface area contributed by atoms with Crippen LogP contribution in [0.5, 0.6) is 0 Å². The Morgan fingerprint density at radius 3 is 2.95 bits per heavy atom. The summed E-state index contributed by atoms with van der Waals surface area (Å²) in [7, 11) is -3.41. The summed E-state index contributed by atoms with van der Waals surface area (Å²) < 4.78 is 32.8. The number of aryl methyl sites for hydroxylation is 1. The molecule has 108 valence electrons. The number of thiophene rings is 1. The van der Waals surface area contributed by atoms with Crippen molar-refractivity contribution in [2.75, 3.05) is 19.8 Å². The van der Waals surface area contributed by atoms with E-state index >= 15 is 0 Å². The van der Waals surface area contributed by atoms with Gasteiger partial charge in [-0.25, -0.2) is 13.1 Å². The highest BCUT2D eigenvalue weighted by molar-refractivity contribution is 7.91. The fourth-order valence-corrected chi connectivity index (χ4v) is 4.77. The Labute approximate surface area is 118 Å². The van der Waals surface area contributed by atoms with Gasteiger partial charge in [-0.3, -0.25) is 0 Å². The van der Waals surface area contributed by atoms with E-state index in [0.717, 1.165) is 30.0 Å².